The summed E-state index contributed by atoms with van der Waals surface area (Å²) in [5, 5.41) is 0. The Balaban J connectivity index is 1.97. The van der Waals surface area contributed by atoms with E-state index in [1.165, 1.54) is 0 Å². The molecule has 3 heteroatoms. The van der Waals surface area contributed by atoms with Crippen molar-refractivity contribution in [2.45, 2.75) is 31.6 Å². The molecule has 0 spiro atoms. The second kappa shape index (κ2) is 5.79. The van der Waals surface area contributed by atoms with E-state index in [0.29, 0.717) is 0 Å². The molecule has 0 radical (unpaired) electrons. The summed E-state index contributed by atoms with van der Waals surface area (Å²) in [5.41, 5.74) is 0.774. The number of carbonyl (C=O) groups is 1. The maximum Gasteiger partial charge on any atom is 0.253 e. The van der Waals surface area contributed by atoms with E-state index in [2.05, 4.69) is 26.5 Å². The molecule has 0 unspecified atom stereocenters. The number of hydrogen-bond acceptors (Lipinski definition) is 2. The van der Waals surface area contributed by atoms with Crippen LogP contribution in [0.3, 0.4) is 0 Å². The first kappa shape index (κ1) is 13.5. The third-order valence-electron chi connectivity index (χ3n) is 3.88. The zero-order chi connectivity index (χ0) is 13.1. The molecular formula is C15H21NOS. The van der Waals surface area contributed by atoms with Crippen molar-refractivity contribution in [2.24, 2.45) is 11.8 Å². The molecule has 1 fully saturated rings. The van der Waals surface area contributed by atoms with Gasteiger partial charge in [0.1, 0.15) is 0 Å². The van der Waals surface area contributed by atoms with Gasteiger partial charge in [0.2, 0.25) is 0 Å². The number of amides is 1. The van der Waals surface area contributed by atoms with Crippen LogP contribution >= 0.6 is 12.6 Å². The van der Waals surface area contributed by atoms with Gasteiger partial charge in [-0.25, -0.2) is 0 Å². The average molecular weight is 263 g/mol. The molecule has 0 bridgehead atoms. The first-order valence-electron chi connectivity index (χ1n) is 6.66. The second-order valence-electron chi connectivity index (χ2n) is 5.42. The van der Waals surface area contributed by atoms with Crippen LogP contribution in [-0.4, -0.2) is 23.9 Å². The van der Waals surface area contributed by atoms with Gasteiger partial charge in [-0.3, -0.25) is 4.79 Å². The lowest BCUT2D eigenvalue weighted by Gasteiger charge is -2.34. The monoisotopic (exact) mass is 263 g/mol. The maximum atomic E-state index is 12.3. The second-order valence-corrected chi connectivity index (χ2v) is 5.94. The van der Waals surface area contributed by atoms with Crippen molar-refractivity contribution < 1.29 is 4.79 Å². The van der Waals surface area contributed by atoms with Crippen molar-refractivity contribution in [2.75, 3.05) is 13.1 Å². The number of rotatable bonds is 2. The molecule has 1 aliphatic heterocycles. The Morgan fingerprint density at radius 2 is 1.78 bits per heavy atom. The standard InChI is InChI=1S/C15H21NOS/c1-11(2)12-7-9-16(10-8-12)15(17)13-3-5-14(18)6-4-13/h3-6,11-12,18H,7-10H2,1-2H3. The summed E-state index contributed by atoms with van der Waals surface area (Å²) in [6, 6.07) is 7.47. The predicted octanol–water partition coefficient (Wildman–Crippen LogP) is 3.48. The molecule has 1 aromatic rings. The molecular weight excluding hydrogens is 242 g/mol. The number of carbonyl (C=O) groups excluding carboxylic acids is 1. The van der Waals surface area contributed by atoms with Gasteiger partial charge in [-0.1, -0.05) is 13.8 Å². The molecule has 1 heterocycles. The van der Waals surface area contributed by atoms with E-state index in [4.69, 9.17) is 0 Å². The largest absolute Gasteiger partial charge is 0.339 e. The minimum absolute atomic E-state index is 0.158. The Morgan fingerprint density at radius 3 is 2.28 bits per heavy atom. The zero-order valence-electron chi connectivity index (χ0n) is 11.1. The molecule has 0 aliphatic carbocycles. The quantitative estimate of drug-likeness (QED) is 0.810. The lowest BCUT2D eigenvalue weighted by Crippen LogP contribution is -2.39. The number of hydrogen-bond donors (Lipinski definition) is 1. The highest BCUT2D eigenvalue weighted by Gasteiger charge is 2.24. The van der Waals surface area contributed by atoms with Crippen LogP contribution in [0.15, 0.2) is 29.2 Å². The molecule has 1 amide bonds. The third kappa shape index (κ3) is 3.08. The molecule has 0 aromatic heterocycles. The lowest BCUT2D eigenvalue weighted by atomic mass is 9.86. The van der Waals surface area contributed by atoms with Gasteiger partial charge in [-0.15, -0.1) is 12.6 Å². The highest BCUT2D eigenvalue weighted by atomic mass is 32.1. The summed E-state index contributed by atoms with van der Waals surface area (Å²) >= 11 is 4.24. The average Bonchev–Trinajstić information content (AvgIpc) is 2.39. The van der Waals surface area contributed by atoms with Crippen molar-refractivity contribution in [3.05, 3.63) is 29.8 Å². The van der Waals surface area contributed by atoms with E-state index in [0.717, 1.165) is 48.2 Å². The molecule has 0 saturated carbocycles. The van der Waals surface area contributed by atoms with Crippen LogP contribution in [0.4, 0.5) is 0 Å². The van der Waals surface area contributed by atoms with Crippen molar-refractivity contribution in [3.63, 3.8) is 0 Å². The van der Waals surface area contributed by atoms with E-state index in [9.17, 15) is 4.79 Å². The van der Waals surface area contributed by atoms with Crippen LogP contribution < -0.4 is 0 Å². The van der Waals surface area contributed by atoms with Gasteiger partial charge < -0.3 is 4.90 Å². The normalized spacial score (nSPS) is 17.2. The van der Waals surface area contributed by atoms with Gasteiger partial charge in [-0.2, -0.15) is 0 Å². The third-order valence-corrected chi connectivity index (χ3v) is 4.18. The Labute approximate surface area is 115 Å². The summed E-state index contributed by atoms with van der Waals surface area (Å²) in [5.74, 6) is 1.66. The molecule has 18 heavy (non-hydrogen) atoms. The molecule has 1 aromatic carbocycles. The first-order chi connectivity index (χ1) is 8.58. The summed E-state index contributed by atoms with van der Waals surface area (Å²) < 4.78 is 0. The minimum Gasteiger partial charge on any atom is -0.339 e. The van der Waals surface area contributed by atoms with E-state index in [-0.39, 0.29) is 5.91 Å². The summed E-state index contributed by atoms with van der Waals surface area (Å²) in [4.78, 5) is 15.2. The fraction of sp³-hybridized carbons (Fsp3) is 0.533. The van der Waals surface area contributed by atoms with Gasteiger partial charge >= 0.3 is 0 Å². The van der Waals surface area contributed by atoms with Crippen molar-refractivity contribution in [1.82, 2.24) is 4.90 Å². The minimum atomic E-state index is 0.158. The molecule has 2 nitrogen and oxygen atoms in total. The number of likely N-dealkylation sites (tertiary alicyclic amines) is 1. The Morgan fingerprint density at radius 1 is 1.22 bits per heavy atom. The van der Waals surface area contributed by atoms with Crippen molar-refractivity contribution in [3.8, 4) is 0 Å². The van der Waals surface area contributed by atoms with Gasteiger partial charge in [-0.05, 0) is 48.9 Å². The van der Waals surface area contributed by atoms with Crippen molar-refractivity contribution >= 4 is 18.5 Å². The van der Waals surface area contributed by atoms with Gasteiger partial charge in [0.15, 0.2) is 0 Å². The first-order valence-corrected chi connectivity index (χ1v) is 7.11. The highest BCUT2D eigenvalue weighted by Crippen LogP contribution is 2.25. The topological polar surface area (TPSA) is 20.3 Å². The zero-order valence-corrected chi connectivity index (χ0v) is 12.0. The predicted molar refractivity (Wildman–Crippen MR) is 77.2 cm³/mol. The molecule has 0 N–H and O–H groups in total. The van der Waals surface area contributed by atoms with Crippen LogP contribution in [0.1, 0.15) is 37.0 Å². The van der Waals surface area contributed by atoms with Gasteiger partial charge in [0, 0.05) is 23.5 Å². The fourth-order valence-electron chi connectivity index (χ4n) is 2.56. The number of nitrogens with zero attached hydrogens (tertiary/aromatic N) is 1. The van der Waals surface area contributed by atoms with E-state index < -0.39 is 0 Å². The van der Waals surface area contributed by atoms with E-state index in [1.54, 1.807) is 0 Å². The summed E-state index contributed by atoms with van der Waals surface area (Å²) in [6.07, 6.45) is 2.27. The van der Waals surface area contributed by atoms with Crippen LogP contribution in [0.25, 0.3) is 0 Å². The van der Waals surface area contributed by atoms with Gasteiger partial charge in [0.25, 0.3) is 5.91 Å². The maximum absolute atomic E-state index is 12.3. The molecule has 1 aliphatic rings. The van der Waals surface area contributed by atoms with E-state index >= 15 is 0 Å². The molecule has 1 saturated heterocycles. The molecule has 98 valence electrons. The Bertz CT molecular complexity index is 405. The molecule has 2 rings (SSSR count). The lowest BCUT2D eigenvalue weighted by molar-refractivity contribution is 0.0667. The highest BCUT2D eigenvalue weighted by molar-refractivity contribution is 7.80. The van der Waals surface area contributed by atoms with Crippen molar-refractivity contribution in [1.29, 1.82) is 0 Å². The van der Waals surface area contributed by atoms with E-state index in [1.807, 2.05) is 29.2 Å². The van der Waals surface area contributed by atoms with Crippen LogP contribution in [0.5, 0.6) is 0 Å². The fourth-order valence-corrected chi connectivity index (χ4v) is 2.70. The molecule has 0 atom stereocenters. The smallest absolute Gasteiger partial charge is 0.253 e. The van der Waals surface area contributed by atoms with Crippen LogP contribution in [0, 0.1) is 11.8 Å². The number of benzene rings is 1. The van der Waals surface area contributed by atoms with Crippen LogP contribution in [-0.2, 0) is 0 Å². The Kier molecular flexibility index (Phi) is 4.33. The number of piperidine rings is 1. The van der Waals surface area contributed by atoms with Gasteiger partial charge in [0.05, 0.1) is 0 Å². The SMILES string of the molecule is CC(C)C1CCN(C(=O)c2ccc(S)cc2)CC1. The summed E-state index contributed by atoms with van der Waals surface area (Å²) in [6.45, 7) is 6.33. The van der Waals surface area contributed by atoms with Crippen LogP contribution in [0.2, 0.25) is 0 Å². The Hall–Kier alpha value is -0.960. The number of thiol groups is 1. The summed E-state index contributed by atoms with van der Waals surface area (Å²) in [7, 11) is 0.